The molecule has 0 N–H and O–H groups in total. The van der Waals surface area contributed by atoms with Crippen LogP contribution in [0.1, 0.15) is 13.3 Å². The molecular formula is C12H16N4OS. The SMILES string of the molecule is CCCSc1cc(OC)ccc1-c1nnnn1C. The van der Waals surface area contributed by atoms with Crippen LogP contribution in [-0.4, -0.2) is 33.1 Å². The van der Waals surface area contributed by atoms with Gasteiger partial charge in [-0.2, -0.15) is 0 Å². The molecular weight excluding hydrogens is 248 g/mol. The second kappa shape index (κ2) is 5.86. The third kappa shape index (κ3) is 2.64. The van der Waals surface area contributed by atoms with E-state index in [1.54, 1.807) is 23.6 Å². The van der Waals surface area contributed by atoms with E-state index in [2.05, 4.69) is 22.4 Å². The first-order valence-corrected chi connectivity index (χ1v) is 6.78. The average molecular weight is 264 g/mol. The zero-order valence-electron chi connectivity index (χ0n) is 10.8. The van der Waals surface area contributed by atoms with Crippen LogP contribution in [0.5, 0.6) is 5.75 Å². The van der Waals surface area contributed by atoms with Crippen molar-refractivity contribution in [2.24, 2.45) is 7.05 Å². The molecule has 0 atom stereocenters. The molecule has 0 aliphatic rings. The number of hydrogen-bond acceptors (Lipinski definition) is 5. The third-order valence-corrected chi connectivity index (χ3v) is 3.77. The molecule has 0 bridgehead atoms. The van der Waals surface area contributed by atoms with Crippen LogP contribution in [0.25, 0.3) is 11.4 Å². The van der Waals surface area contributed by atoms with Crippen molar-refractivity contribution < 1.29 is 4.74 Å². The molecule has 1 heterocycles. The van der Waals surface area contributed by atoms with Crippen LogP contribution in [-0.2, 0) is 7.05 Å². The van der Waals surface area contributed by atoms with Gasteiger partial charge in [-0.05, 0) is 40.8 Å². The van der Waals surface area contributed by atoms with Crippen molar-refractivity contribution >= 4 is 11.8 Å². The summed E-state index contributed by atoms with van der Waals surface area (Å²) in [6.45, 7) is 2.16. The van der Waals surface area contributed by atoms with Crippen LogP contribution in [0.4, 0.5) is 0 Å². The maximum Gasteiger partial charge on any atom is 0.182 e. The number of ether oxygens (including phenoxy) is 1. The number of tetrazole rings is 1. The minimum absolute atomic E-state index is 0.774. The van der Waals surface area contributed by atoms with Crippen LogP contribution >= 0.6 is 11.8 Å². The first-order valence-electron chi connectivity index (χ1n) is 5.79. The summed E-state index contributed by atoms with van der Waals surface area (Å²) in [6.07, 6.45) is 1.12. The average Bonchev–Trinajstić information content (AvgIpc) is 2.82. The fourth-order valence-corrected chi connectivity index (χ4v) is 2.54. The molecule has 6 heteroatoms. The molecule has 0 unspecified atom stereocenters. The maximum absolute atomic E-state index is 5.27. The molecule has 5 nitrogen and oxygen atoms in total. The Hall–Kier alpha value is -1.56. The maximum atomic E-state index is 5.27. The van der Waals surface area contributed by atoms with E-state index in [1.807, 2.05) is 25.2 Å². The molecule has 0 amide bonds. The Bertz CT molecular complexity index is 527. The van der Waals surface area contributed by atoms with Gasteiger partial charge in [-0.3, -0.25) is 0 Å². The van der Waals surface area contributed by atoms with Gasteiger partial charge in [-0.15, -0.1) is 16.9 Å². The second-order valence-electron chi connectivity index (χ2n) is 3.84. The summed E-state index contributed by atoms with van der Waals surface area (Å²) in [4.78, 5) is 1.15. The molecule has 0 spiro atoms. The molecule has 0 saturated heterocycles. The number of thioether (sulfide) groups is 1. The van der Waals surface area contributed by atoms with Gasteiger partial charge in [0, 0.05) is 17.5 Å². The number of nitrogens with zero attached hydrogens (tertiary/aromatic N) is 4. The Labute approximate surface area is 111 Å². The third-order valence-electron chi connectivity index (χ3n) is 2.51. The van der Waals surface area contributed by atoms with Crippen LogP contribution in [0.2, 0.25) is 0 Å². The first kappa shape index (κ1) is 12.9. The molecule has 1 aromatic heterocycles. The molecule has 2 aromatic rings. The lowest BCUT2D eigenvalue weighted by molar-refractivity contribution is 0.414. The zero-order chi connectivity index (χ0) is 13.0. The Balaban J connectivity index is 2.42. The van der Waals surface area contributed by atoms with Gasteiger partial charge in [0.25, 0.3) is 0 Å². The van der Waals surface area contributed by atoms with E-state index in [1.165, 1.54) is 0 Å². The van der Waals surface area contributed by atoms with E-state index in [0.717, 1.165) is 34.2 Å². The van der Waals surface area contributed by atoms with Crippen molar-refractivity contribution in [1.29, 1.82) is 0 Å². The Morgan fingerprint density at radius 3 is 2.83 bits per heavy atom. The number of rotatable bonds is 5. The zero-order valence-corrected chi connectivity index (χ0v) is 11.6. The number of methoxy groups -OCH3 is 1. The van der Waals surface area contributed by atoms with Gasteiger partial charge in [0.1, 0.15) is 5.75 Å². The molecule has 2 rings (SSSR count). The summed E-state index contributed by atoms with van der Waals surface area (Å²) in [7, 11) is 3.51. The lowest BCUT2D eigenvalue weighted by Gasteiger charge is -2.09. The van der Waals surface area contributed by atoms with Gasteiger partial charge in [-0.25, -0.2) is 4.68 Å². The summed E-state index contributed by atoms with van der Waals surface area (Å²) in [5, 5.41) is 11.6. The summed E-state index contributed by atoms with van der Waals surface area (Å²) < 4.78 is 6.94. The van der Waals surface area contributed by atoms with E-state index in [9.17, 15) is 0 Å². The van der Waals surface area contributed by atoms with Crippen LogP contribution < -0.4 is 4.74 Å². The highest BCUT2D eigenvalue weighted by Crippen LogP contribution is 2.33. The Morgan fingerprint density at radius 1 is 1.39 bits per heavy atom. The van der Waals surface area contributed by atoms with Gasteiger partial charge in [0.05, 0.1) is 7.11 Å². The largest absolute Gasteiger partial charge is 0.497 e. The van der Waals surface area contributed by atoms with Gasteiger partial charge >= 0.3 is 0 Å². The lowest BCUT2D eigenvalue weighted by Crippen LogP contribution is -1.96. The molecule has 0 radical (unpaired) electrons. The first-order chi connectivity index (χ1) is 8.76. The number of aromatic nitrogens is 4. The second-order valence-corrected chi connectivity index (χ2v) is 4.97. The molecule has 0 saturated carbocycles. The Morgan fingerprint density at radius 2 is 2.22 bits per heavy atom. The highest BCUT2D eigenvalue weighted by atomic mass is 32.2. The van der Waals surface area contributed by atoms with Crippen molar-refractivity contribution in [3.63, 3.8) is 0 Å². The van der Waals surface area contributed by atoms with Gasteiger partial charge < -0.3 is 4.74 Å². The van der Waals surface area contributed by atoms with Gasteiger partial charge in [0.2, 0.25) is 0 Å². The fourth-order valence-electron chi connectivity index (χ4n) is 1.60. The minimum atomic E-state index is 0.774. The quantitative estimate of drug-likeness (QED) is 0.776. The van der Waals surface area contributed by atoms with E-state index < -0.39 is 0 Å². The standard InChI is InChI=1S/C12H16N4OS/c1-4-7-18-11-8-9(17-3)5-6-10(11)12-13-14-15-16(12)2/h5-6,8H,4,7H2,1-3H3. The Kier molecular flexibility index (Phi) is 4.19. The normalized spacial score (nSPS) is 10.6. The van der Waals surface area contributed by atoms with Crippen LogP contribution in [0.3, 0.4) is 0 Å². The van der Waals surface area contributed by atoms with Crippen molar-refractivity contribution in [1.82, 2.24) is 20.2 Å². The number of hydrogen-bond donors (Lipinski definition) is 0. The minimum Gasteiger partial charge on any atom is -0.497 e. The smallest absolute Gasteiger partial charge is 0.182 e. The number of aryl methyl sites for hydroxylation is 1. The summed E-state index contributed by atoms with van der Waals surface area (Å²) in [6, 6.07) is 5.97. The molecule has 0 fully saturated rings. The van der Waals surface area contributed by atoms with Crippen LogP contribution in [0.15, 0.2) is 23.1 Å². The summed E-state index contributed by atoms with van der Waals surface area (Å²) in [5.41, 5.74) is 1.04. The number of benzene rings is 1. The van der Waals surface area contributed by atoms with Gasteiger partial charge in [0.15, 0.2) is 5.82 Å². The topological polar surface area (TPSA) is 52.8 Å². The van der Waals surface area contributed by atoms with E-state index in [4.69, 9.17) is 4.74 Å². The predicted molar refractivity (Wildman–Crippen MR) is 71.8 cm³/mol. The summed E-state index contributed by atoms with van der Waals surface area (Å²) in [5.74, 6) is 2.69. The predicted octanol–water partition coefficient (Wildman–Crippen LogP) is 2.39. The fraction of sp³-hybridized carbons (Fsp3) is 0.417. The van der Waals surface area contributed by atoms with Crippen LogP contribution in [0, 0.1) is 0 Å². The van der Waals surface area contributed by atoms with Gasteiger partial charge in [-0.1, -0.05) is 6.92 Å². The summed E-state index contributed by atoms with van der Waals surface area (Å²) >= 11 is 1.79. The van der Waals surface area contributed by atoms with E-state index >= 15 is 0 Å². The molecule has 1 aromatic carbocycles. The molecule has 0 aliphatic carbocycles. The molecule has 0 aliphatic heterocycles. The molecule has 96 valence electrons. The van der Waals surface area contributed by atoms with Crippen molar-refractivity contribution in [2.45, 2.75) is 18.2 Å². The lowest BCUT2D eigenvalue weighted by atomic mass is 10.2. The molecule has 18 heavy (non-hydrogen) atoms. The van der Waals surface area contributed by atoms with Crippen molar-refractivity contribution in [3.05, 3.63) is 18.2 Å². The highest BCUT2D eigenvalue weighted by molar-refractivity contribution is 7.99. The van der Waals surface area contributed by atoms with E-state index in [0.29, 0.717) is 0 Å². The van der Waals surface area contributed by atoms with E-state index in [-0.39, 0.29) is 0 Å². The van der Waals surface area contributed by atoms with Crippen molar-refractivity contribution in [3.8, 4) is 17.1 Å². The van der Waals surface area contributed by atoms with Crippen molar-refractivity contribution in [2.75, 3.05) is 12.9 Å². The monoisotopic (exact) mass is 264 g/mol. The highest BCUT2D eigenvalue weighted by Gasteiger charge is 2.12.